The molecule has 9 heteroatoms. The molecule has 0 aliphatic carbocycles. The molecule has 0 radical (unpaired) electrons. The third-order valence-corrected chi connectivity index (χ3v) is 8.08. The number of piperazine rings is 1. The second kappa shape index (κ2) is 9.04. The number of rotatable bonds is 6. The molecule has 4 aromatic rings. The fraction of sp³-hybridized carbons (Fsp3) is 0.379. The lowest BCUT2D eigenvalue weighted by Crippen LogP contribution is -2.51. The topological polar surface area (TPSA) is 100.0 Å². The molecule has 0 saturated carbocycles. The molecule has 1 aromatic heterocycles. The number of hydrogen-bond acceptors (Lipinski definition) is 8. The highest BCUT2D eigenvalue weighted by Gasteiger charge is 2.40. The number of aliphatic hydroxyl groups excluding tert-OH is 1. The number of aromatic nitrogens is 2. The molecular weight excluding hydrogens is 487 g/mol. The molecule has 3 N–H and O–H groups in total. The van der Waals surface area contributed by atoms with Gasteiger partial charge in [0.2, 0.25) is 0 Å². The van der Waals surface area contributed by atoms with Crippen LogP contribution in [-0.2, 0) is 4.74 Å². The fourth-order valence-electron chi connectivity index (χ4n) is 5.96. The van der Waals surface area contributed by atoms with Crippen LogP contribution >= 0.6 is 0 Å². The van der Waals surface area contributed by atoms with Crippen molar-refractivity contribution in [2.24, 2.45) is 5.41 Å². The molecule has 3 aromatic carbocycles. The first-order chi connectivity index (χ1) is 18.5. The maximum Gasteiger partial charge on any atom is 0.319 e. The minimum Gasteiger partial charge on any atom is -0.508 e. The molecule has 38 heavy (non-hydrogen) atoms. The number of anilines is 1. The van der Waals surface area contributed by atoms with Gasteiger partial charge in [0.15, 0.2) is 5.82 Å². The van der Waals surface area contributed by atoms with Crippen molar-refractivity contribution >= 4 is 27.5 Å². The van der Waals surface area contributed by atoms with Crippen LogP contribution in [0.1, 0.15) is 12.8 Å². The van der Waals surface area contributed by atoms with Crippen LogP contribution in [0.25, 0.3) is 32.8 Å². The summed E-state index contributed by atoms with van der Waals surface area (Å²) in [6, 6.07) is 15.3. The van der Waals surface area contributed by atoms with Crippen molar-refractivity contribution in [1.29, 1.82) is 0 Å². The number of aromatic hydroxyl groups is 1. The van der Waals surface area contributed by atoms with Crippen LogP contribution in [-0.4, -0.2) is 71.8 Å². The molecule has 2 bridgehead atoms. The van der Waals surface area contributed by atoms with Crippen LogP contribution in [0.15, 0.2) is 48.5 Å². The van der Waals surface area contributed by atoms with E-state index in [0.29, 0.717) is 47.6 Å². The molecule has 3 fully saturated rings. The minimum absolute atomic E-state index is 0.0684. The highest BCUT2D eigenvalue weighted by atomic mass is 19.1. The van der Waals surface area contributed by atoms with Gasteiger partial charge in [-0.3, -0.25) is 0 Å². The van der Waals surface area contributed by atoms with E-state index >= 15 is 4.39 Å². The lowest BCUT2D eigenvalue weighted by atomic mass is 9.88. The molecule has 3 aliphatic heterocycles. The Morgan fingerprint density at radius 3 is 2.55 bits per heavy atom. The highest BCUT2D eigenvalue weighted by Crippen LogP contribution is 2.39. The molecule has 2 atom stereocenters. The third kappa shape index (κ3) is 3.93. The van der Waals surface area contributed by atoms with Crippen LogP contribution in [0.4, 0.5) is 10.2 Å². The lowest BCUT2D eigenvalue weighted by molar-refractivity contribution is -0.154. The zero-order valence-electron chi connectivity index (χ0n) is 20.9. The van der Waals surface area contributed by atoms with Gasteiger partial charge in [0.1, 0.15) is 23.7 Å². The molecule has 7 rings (SSSR count). The zero-order chi connectivity index (χ0) is 25.9. The van der Waals surface area contributed by atoms with Gasteiger partial charge in [-0.25, -0.2) is 4.39 Å². The molecule has 8 nitrogen and oxygen atoms in total. The largest absolute Gasteiger partial charge is 0.508 e. The van der Waals surface area contributed by atoms with E-state index in [9.17, 15) is 10.2 Å². The second-order valence-corrected chi connectivity index (χ2v) is 10.8. The Kier molecular flexibility index (Phi) is 5.61. The summed E-state index contributed by atoms with van der Waals surface area (Å²) >= 11 is 0. The number of phenolic OH excluding ortho intramolecular Hbond substituents is 1. The van der Waals surface area contributed by atoms with E-state index in [1.54, 1.807) is 18.2 Å². The average Bonchev–Trinajstić information content (AvgIpc) is 3.25. The number of ether oxygens (including phenoxy) is 2. The van der Waals surface area contributed by atoms with Gasteiger partial charge in [-0.2, -0.15) is 9.97 Å². The molecular formula is C29H29FN4O4. The second-order valence-electron chi connectivity index (χ2n) is 10.8. The number of phenols is 1. The SMILES string of the molecule is OCC1(COc2nc(N3CC4CCC(C3)N4)c3ccc(-c4cc(O)cc5ccccc45)c(F)c3n2)COC1. The van der Waals surface area contributed by atoms with E-state index in [1.807, 2.05) is 30.3 Å². The number of aliphatic hydroxyl groups is 1. The Morgan fingerprint density at radius 1 is 1.03 bits per heavy atom. The van der Waals surface area contributed by atoms with Crippen molar-refractivity contribution in [1.82, 2.24) is 15.3 Å². The van der Waals surface area contributed by atoms with Crippen molar-refractivity contribution < 1.29 is 24.1 Å². The quantitative estimate of drug-likeness (QED) is 0.357. The maximum absolute atomic E-state index is 16.4. The van der Waals surface area contributed by atoms with Gasteiger partial charge in [-0.15, -0.1) is 0 Å². The summed E-state index contributed by atoms with van der Waals surface area (Å²) in [5.74, 6) is 0.227. The van der Waals surface area contributed by atoms with Gasteiger partial charge in [-0.05, 0) is 47.4 Å². The zero-order valence-corrected chi connectivity index (χ0v) is 20.9. The van der Waals surface area contributed by atoms with Crippen LogP contribution in [0.3, 0.4) is 0 Å². The van der Waals surface area contributed by atoms with E-state index in [-0.39, 0.29) is 30.5 Å². The first-order valence-electron chi connectivity index (χ1n) is 13.1. The number of hydrogen-bond donors (Lipinski definition) is 3. The monoisotopic (exact) mass is 516 g/mol. The van der Waals surface area contributed by atoms with Crippen molar-refractivity contribution in [3.05, 3.63) is 54.3 Å². The normalized spacial score (nSPS) is 22.1. The summed E-state index contributed by atoms with van der Waals surface area (Å²) in [5, 5.41) is 26.1. The first kappa shape index (κ1) is 23.6. The predicted octanol–water partition coefficient (Wildman–Crippen LogP) is 3.62. The summed E-state index contributed by atoms with van der Waals surface area (Å²) < 4.78 is 27.7. The Hall–Kier alpha value is -3.53. The summed E-state index contributed by atoms with van der Waals surface area (Å²) in [4.78, 5) is 11.5. The van der Waals surface area contributed by atoms with Crippen molar-refractivity contribution in [2.75, 3.05) is 44.4 Å². The summed E-state index contributed by atoms with van der Waals surface area (Å²) in [6.45, 7) is 2.45. The van der Waals surface area contributed by atoms with E-state index in [4.69, 9.17) is 14.5 Å². The Labute approximate surface area is 219 Å². The smallest absolute Gasteiger partial charge is 0.319 e. The van der Waals surface area contributed by atoms with Crippen LogP contribution in [0, 0.1) is 11.2 Å². The van der Waals surface area contributed by atoms with E-state index in [0.717, 1.165) is 36.7 Å². The minimum atomic E-state index is -0.493. The van der Waals surface area contributed by atoms with Crippen molar-refractivity contribution in [2.45, 2.75) is 24.9 Å². The fourth-order valence-corrected chi connectivity index (χ4v) is 5.96. The average molecular weight is 517 g/mol. The standard InChI is InChI=1S/C29H29FN4O4/c30-25-22(24-10-20(36)9-17-3-1-2-4-21(17)24)7-8-23-26(25)32-28(38-16-29(13-35)14-37-15-29)33-27(23)34-11-18-5-6-19(12-34)31-18/h1-4,7-10,18-19,31,35-36H,5-6,11-16H2. The number of benzene rings is 3. The highest BCUT2D eigenvalue weighted by molar-refractivity contribution is 6.01. The Balaban J connectivity index is 1.37. The first-order valence-corrected chi connectivity index (χ1v) is 13.1. The van der Waals surface area contributed by atoms with E-state index in [1.165, 1.54) is 0 Å². The lowest BCUT2D eigenvalue weighted by Gasteiger charge is -2.39. The van der Waals surface area contributed by atoms with E-state index in [2.05, 4.69) is 15.2 Å². The number of nitrogens with one attached hydrogen (secondary N) is 1. The number of fused-ring (bicyclic) bond motifs is 4. The molecule has 0 amide bonds. The molecule has 2 unspecified atom stereocenters. The van der Waals surface area contributed by atoms with Crippen molar-refractivity contribution in [3.8, 4) is 22.9 Å². The van der Waals surface area contributed by atoms with Gasteiger partial charge in [0, 0.05) is 36.1 Å². The number of halogens is 1. The molecule has 0 spiro atoms. The van der Waals surface area contributed by atoms with E-state index < -0.39 is 11.2 Å². The molecule has 196 valence electrons. The van der Waals surface area contributed by atoms with Gasteiger partial charge in [-0.1, -0.05) is 30.3 Å². The summed E-state index contributed by atoms with van der Waals surface area (Å²) in [5.41, 5.74) is 0.616. The molecule has 3 saturated heterocycles. The third-order valence-electron chi connectivity index (χ3n) is 8.08. The van der Waals surface area contributed by atoms with Gasteiger partial charge < -0.3 is 29.9 Å². The van der Waals surface area contributed by atoms with Crippen molar-refractivity contribution in [3.63, 3.8) is 0 Å². The molecule has 3 aliphatic rings. The molecule has 4 heterocycles. The Morgan fingerprint density at radius 2 is 1.82 bits per heavy atom. The summed E-state index contributed by atoms with van der Waals surface area (Å²) in [7, 11) is 0. The van der Waals surface area contributed by atoms with Gasteiger partial charge in [0.05, 0.1) is 25.2 Å². The predicted molar refractivity (Wildman–Crippen MR) is 142 cm³/mol. The number of nitrogens with zero attached hydrogens (tertiary/aromatic N) is 3. The van der Waals surface area contributed by atoms with Gasteiger partial charge >= 0.3 is 6.01 Å². The Bertz CT molecular complexity index is 1530. The summed E-state index contributed by atoms with van der Waals surface area (Å²) in [6.07, 6.45) is 2.21. The van der Waals surface area contributed by atoms with Crippen LogP contribution < -0.4 is 15.0 Å². The maximum atomic E-state index is 16.4. The van der Waals surface area contributed by atoms with Crippen LogP contribution in [0.5, 0.6) is 11.8 Å². The van der Waals surface area contributed by atoms with Gasteiger partial charge in [0.25, 0.3) is 0 Å². The van der Waals surface area contributed by atoms with Crippen LogP contribution in [0.2, 0.25) is 0 Å².